The fourth-order valence-electron chi connectivity index (χ4n) is 2.98. The molecule has 4 heteroatoms. The van der Waals surface area contributed by atoms with E-state index in [1.165, 1.54) is 0 Å². The molecule has 0 atom stereocenters. The van der Waals surface area contributed by atoms with E-state index in [4.69, 9.17) is 5.26 Å². The van der Waals surface area contributed by atoms with Crippen LogP contribution in [-0.2, 0) is 6.54 Å². The van der Waals surface area contributed by atoms with E-state index in [-0.39, 0.29) is 11.3 Å². The minimum Gasteiger partial charge on any atom is -0.507 e. The Kier molecular flexibility index (Phi) is 4.40. The summed E-state index contributed by atoms with van der Waals surface area (Å²) < 4.78 is 1.96. The number of aromatic hydroxyl groups is 1. The summed E-state index contributed by atoms with van der Waals surface area (Å²) in [5, 5.41) is 23.5. The van der Waals surface area contributed by atoms with Crippen molar-refractivity contribution in [3.8, 4) is 22.9 Å². The Morgan fingerprint density at radius 1 is 1.20 bits per heavy atom. The van der Waals surface area contributed by atoms with Crippen molar-refractivity contribution in [1.82, 2.24) is 9.78 Å². The first kappa shape index (κ1) is 16.5. The summed E-state index contributed by atoms with van der Waals surface area (Å²) in [6.07, 6.45) is 1.82. The van der Waals surface area contributed by atoms with Crippen molar-refractivity contribution >= 4 is 6.08 Å². The van der Waals surface area contributed by atoms with Gasteiger partial charge >= 0.3 is 0 Å². The summed E-state index contributed by atoms with van der Waals surface area (Å²) >= 11 is 0. The topological polar surface area (TPSA) is 61.8 Å². The monoisotopic (exact) mass is 329 g/mol. The molecule has 0 saturated heterocycles. The normalized spacial score (nSPS) is 10.4. The molecule has 0 amide bonds. The molecule has 3 rings (SSSR count). The maximum absolute atomic E-state index is 9.71. The second-order valence-corrected chi connectivity index (χ2v) is 5.99. The molecule has 0 spiro atoms. The third-order valence-electron chi connectivity index (χ3n) is 4.33. The predicted molar refractivity (Wildman–Crippen MR) is 99.2 cm³/mol. The highest BCUT2D eigenvalue weighted by Crippen LogP contribution is 2.30. The van der Waals surface area contributed by atoms with Gasteiger partial charge < -0.3 is 5.11 Å². The molecule has 1 N–H and O–H groups in total. The van der Waals surface area contributed by atoms with Crippen LogP contribution in [0.15, 0.2) is 49.0 Å². The highest BCUT2D eigenvalue weighted by molar-refractivity contribution is 5.71. The second kappa shape index (κ2) is 6.66. The summed E-state index contributed by atoms with van der Waals surface area (Å²) in [6, 6.07) is 15.3. The number of hydrogen-bond donors (Lipinski definition) is 1. The first-order valence-corrected chi connectivity index (χ1v) is 8.02. The summed E-state index contributed by atoms with van der Waals surface area (Å²) in [7, 11) is 0. The van der Waals surface area contributed by atoms with Gasteiger partial charge in [0.2, 0.25) is 0 Å². The van der Waals surface area contributed by atoms with Crippen LogP contribution in [-0.4, -0.2) is 14.9 Å². The van der Waals surface area contributed by atoms with Crippen molar-refractivity contribution in [2.24, 2.45) is 0 Å². The molecule has 4 nitrogen and oxygen atoms in total. The van der Waals surface area contributed by atoms with Gasteiger partial charge in [0.25, 0.3) is 0 Å². The maximum atomic E-state index is 9.71. The van der Waals surface area contributed by atoms with Crippen LogP contribution in [0.5, 0.6) is 5.75 Å². The Morgan fingerprint density at radius 3 is 2.56 bits per heavy atom. The smallest absolute Gasteiger partial charge is 0.133 e. The summed E-state index contributed by atoms with van der Waals surface area (Å²) in [5.41, 5.74) is 6.33. The number of benzene rings is 2. The quantitative estimate of drug-likeness (QED) is 0.770. The Labute approximate surface area is 147 Å². The molecule has 0 unspecified atom stereocenters. The molecule has 0 fully saturated rings. The third-order valence-corrected chi connectivity index (χ3v) is 4.33. The van der Waals surface area contributed by atoms with Crippen molar-refractivity contribution in [1.29, 1.82) is 5.26 Å². The number of nitrogens with zero attached hydrogens (tertiary/aromatic N) is 3. The number of hydrogen-bond acceptors (Lipinski definition) is 3. The Morgan fingerprint density at radius 2 is 1.92 bits per heavy atom. The van der Waals surface area contributed by atoms with E-state index < -0.39 is 0 Å². The number of aromatic nitrogens is 2. The van der Waals surface area contributed by atoms with Crippen LogP contribution in [0.4, 0.5) is 0 Å². The summed E-state index contributed by atoms with van der Waals surface area (Å²) in [4.78, 5) is 0. The predicted octanol–water partition coefficient (Wildman–Crippen LogP) is 4.44. The SMILES string of the molecule is C=Cc1ccc(Cn2nc(C)c(-c3ccc(O)c(C#N)c3)c2C)cc1. The molecule has 0 bridgehead atoms. The van der Waals surface area contributed by atoms with Crippen LogP contribution in [0.3, 0.4) is 0 Å². The number of phenols is 1. The number of phenolic OH excluding ortho intramolecular Hbond substituents is 1. The van der Waals surface area contributed by atoms with Gasteiger partial charge in [0.05, 0.1) is 17.8 Å². The average Bonchev–Trinajstić information content (AvgIpc) is 2.90. The van der Waals surface area contributed by atoms with Crippen LogP contribution in [0.2, 0.25) is 0 Å². The fourth-order valence-corrected chi connectivity index (χ4v) is 2.98. The molecule has 25 heavy (non-hydrogen) atoms. The molecule has 1 heterocycles. The molecule has 2 aromatic carbocycles. The molecule has 0 aliphatic heterocycles. The fraction of sp³-hybridized carbons (Fsp3) is 0.143. The lowest BCUT2D eigenvalue weighted by Gasteiger charge is -2.07. The van der Waals surface area contributed by atoms with E-state index in [2.05, 4.69) is 23.8 Å². The first-order chi connectivity index (χ1) is 12.0. The van der Waals surface area contributed by atoms with E-state index in [9.17, 15) is 5.11 Å². The molecule has 1 aromatic heterocycles. The number of nitriles is 1. The van der Waals surface area contributed by atoms with E-state index >= 15 is 0 Å². The van der Waals surface area contributed by atoms with Crippen LogP contribution >= 0.6 is 0 Å². The zero-order valence-corrected chi connectivity index (χ0v) is 14.3. The van der Waals surface area contributed by atoms with Crippen LogP contribution < -0.4 is 0 Å². The van der Waals surface area contributed by atoms with Crippen LogP contribution in [0, 0.1) is 25.2 Å². The molecular formula is C21H19N3O. The summed E-state index contributed by atoms with van der Waals surface area (Å²) in [5.74, 6) is -0.00347. The van der Waals surface area contributed by atoms with E-state index in [1.54, 1.807) is 12.1 Å². The highest BCUT2D eigenvalue weighted by Gasteiger charge is 2.15. The lowest BCUT2D eigenvalue weighted by atomic mass is 10.0. The van der Waals surface area contributed by atoms with Gasteiger partial charge in [-0.15, -0.1) is 0 Å². The molecule has 0 aliphatic carbocycles. The largest absolute Gasteiger partial charge is 0.507 e. The van der Waals surface area contributed by atoms with E-state index in [0.717, 1.165) is 33.6 Å². The van der Waals surface area contributed by atoms with E-state index in [0.29, 0.717) is 6.54 Å². The molecule has 3 aromatic rings. The van der Waals surface area contributed by atoms with Gasteiger partial charge in [-0.2, -0.15) is 10.4 Å². The van der Waals surface area contributed by atoms with Crippen molar-refractivity contribution < 1.29 is 5.11 Å². The first-order valence-electron chi connectivity index (χ1n) is 8.02. The van der Waals surface area contributed by atoms with Crippen LogP contribution in [0.25, 0.3) is 17.2 Å². The molecule has 0 saturated carbocycles. The molecular weight excluding hydrogens is 310 g/mol. The number of rotatable bonds is 4. The van der Waals surface area contributed by atoms with Gasteiger partial charge in [0.15, 0.2) is 0 Å². The average molecular weight is 329 g/mol. The standard InChI is InChI=1S/C21H19N3O/c1-4-16-5-7-17(8-6-16)13-24-15(3)21(14(2)23-24)18-9-10-20(25)19(11-18)12-22/h4-11,25H,1,13H2,2-3H3. The van der Waals surface area contributed by atoms with Gasteiger partial charge in [-0.05, 0) is 42.7 Å². The van der Waals surface area contributed by atoms with Gasteiger partial charge in [-0.1, -0.05) is 43.0 Å². The van der Waals surface area contributed by atoms with Gasteiger partial charge in [-0.3, -0.25) is 4.68 Å². The maximum Gasteiger partial charge on any atom is 0.133 e. The Bertz CT molecular complexity index is 976. The van der Waals surface area contributed by atoms with E-state index in [1.807, 2.05) is 48.9 Å². The molecule has 124 valence electrons. The summed E-state index contributed by atoms with van der Waals surface area (Å²) in [6.45, 7) is 8.42. The zero-order chi connectivity index (χ0) is 18.0. The Balaban J connectivity index is 1.98. The Hall–Kier alpha value is -3.32. The van der Waals surface area contributed by atoms with Crippen molar-refractivity contribution in [3.05, 3.63) is 77.1 Å². The minimum absolute atomic E-state index is 0.00347. The highest BCUT2D eigenvalue weighted by atomic mass is 16.3. The van der Waals surface area contributed by atoms with Crippen LogP contribution in [0.1, 0.15) is 28.1 Å². The molecule has 0 aliphatic rings. The third kappa shape index (κ3) is 3.17. The number of aryl methyl sites for hydroxylation is 1. The zero-order valence-electron chi connectivity index (χ0n) is 14.3. The van der Waals surface area contributed by atoms with Crippen molar-refractivity contribution in [2.75, 3.05) is 0 Å². The van der Waals surface area contributed by atoms with Gasteiger partial charge in [0, 0.05) is 11.3 Å². The molecule has 0 radical (unpaired) electrons. The lowest BCUT2D eigenvalue weighted by molar-refractivity contribution is 0.473. The van der Waals surface area contributed by atoms with Crippen molar-refractivity contribution in [3.63, 3.8) is 0 Å². The lowest BCUT2D eigenvalue weighted by Crippen LogP contribution is -2.04. The van der Waals surface area contributed by atoms with Crippen molar-refractivity contribution in [2.45, 2.75) is 20.4 Å². The second-order valence-electron chi connectivity index (χ2n) is 5.99. The minimum atomic E-state index is -0.00347. The van der Waals surface area contributed by atoms with Gasteiger partial charge in [-0.25, -0.2) is 0 Å². The van der Waals surface area contributed by atoms with Gasteiger partial charge in [0.1, 0.15) is 11.8 Å².